The molecule has 2 aliphatic heterocycles. The molecule has 0 amide bonds. The minimum absolute atomic E-state index is 0.0622. The number of methoxy groups -OCH3 is 2. The minimum atomic E-state index is -0.862. The fraction of sp³-hybridized carbons (Fsp3) is 0.167. The summed E-state index contributed by atoms with van der Waals surface area (Å²) in [5.74, 6) is 0.998. The molecule has 0 radical (unpaired) electrons. The summed E-state index contributed by atoms with van der Waals surface area (Å²) in [5, 5.41) is 16.9. The SMILES string of the molecule is COc1ccc(C2OC3=C(Nc4ccc([N+](=O)[O-])cc4N3)C2=O)cc1OC. The number of carbonyl (C=O) groups excluding carboxylic acids is 1. The second kappa shape index (κ2) is 6.20. The van der Waals surface area contributed by atoms with Gasteiger partial charge in [0.25, 0.3) is 5.69 Å². The van der Waals surface area contributed by atoms with Crippen LogP contribution in [0.1, 0.15) is 11.7 Å². The third kappa shape index (κ3) is 2.69. The predicted octanol–water partition coefficient (Wildman–Crippen LogP) is 2.96. The lowest BCUT2D eigenvalue weighted by atomic mass is 10.0. The number of anilines is 2. The van der Waals surface area contributed by atoms with Crippen LogP contribution in [0.4, 0.5) is 17.1 Å². The molecule has 9 heteroatoms. The van der Waals surface area contributed by atoms with Crippen LogP contribution in [-0.2, 0) is 9.53 Å². The summed E-state index contributed by atoms with van der Waals surface area (Å²) in [4.78, 5) is 23.3. The first-order valence-electron chi connectivity index (χ1n) is 8.01. The number of rotatable bonds is 4. The number of fused-ring (bicyclic) bond motifs is 1. The summed E-state index contributed by atoms with van der Waals surface area (Å²) in [6.45, 7) is 0. The number of carbonyl (C=O) groups is 1. The van der Waals surface area contributed by atoms with E-state index in [0.717, 1.165) is 0 Å². The van der Waals surface area contributed by atoms with Crippen molar-refractivity contribution in [3.63, 3.8) is 0 Å². The van der Waals surface area contributed by atoms with Crippen LogP contribution in [0.15, 0.2) is 48.0 Å². The molecule has 2 heterocycles. The van der Waals surface area contributed by atoms with Gasteiger partial charge in [0.1, 0.15) is 5.70 Å². The molecule has 1 atom stereocenters. The van der Waals surface area contributed by atoms with Crippen molar-refractivity contribution in [1.29, 1.82) is 0 Å². The Morgan fingerprint density at radius 3 is 2.52 bits per heavy atom. The number of ether oxygens (including phenoxy) is 3. The van der Waals surface area contributed by atoms with Crippen LogP contribution in [0.2, 0.25) is 0 Å². The topological polar surface area (TPSA) is 112 Å². The van der Waals surface area contributed by atoms with Crippen molar-refractivity contribution >= 4 is 22.8 Å². The molecule has 0 aliphatic carbocycles. The van der Waals surface area contributed by atoms with E-state index in [-0.39, 0.29) is 23.1 Å². The second-order valence-electron chi connectivity index (χ2n) is 5.92. The number of non-ortho nitro benzene ring substituents is 1. The third-order valence-electron chi connectivity index (χ3n) is 4.38. The average molecular weight is 369 g/mol. The molecule has 1 unspecified atom stereocenters. The van der Waals surface area contributed by atoms with Gasteiger partial charge in [0, 0.05) is 17.7 Å². The maximum absolute atomic E-state index is 12.8. The highest BCUT2D eigenvalue weighted by atomic mass is 16.6. The van der Waals surface area contributed by atoms with Gasteiger partial charge >= 0.3 is 0 Å². The fourth-order valence-corrected chi connectivity index (χ4v) is 3.03. The van der Waals surface area contributed by atoms with Crippen LogP contribution in [0.5, 0.6) is 11.5 Å². The van der Waals surface area contributed by atoms with Gasteiger partial charge in [-0.25, -0.2) is 0 Å². The Morgan fingerprint density at radius 1 is 1.04 bits per heavy atom. The van der Waals surface area contributed by atoms with E-state index in [1.54, 1.807) is 24.3 Å². The molecule has 0 bridgehead atoms. The van der Waals surface area contributed by atoms with Crippen LogP contribution in [0, 0.1) is 10.1 Å². The quantitative estimate of drug-likeness (QED) is 0.625. The van der Waals surface area contributed by atoms with Gasteiger partial charge in [-0.2, -0.15) is 0 Å². The molecule has 0 saturated heterocycles. The number of nitrogens with zero attached hydrogens (tertiary/aromatic N) is 1. The van der Waals surface area contributed by atoms with E-state index in [4.69, 9.17) is 14.2 Å². The monoisotopic (exact) mass is 369 g/mol. The van der Waals surface area contributed by atoms with E-state index in [9.17, 15) is 14.9 Å². The van der Waals surface area contributed by atoms with E-state index < -0.39 is 11.0 Å². The van der Waals surface area contributed by atoms with Gasteiger partial charge in [0.05, 0.1) is 30.5 Å². The maximum Gasteiger partial charge on any atom is 0.271 e. The number of Topliss-reactive ketones (excluding diaryl/α,β-unsaturated/α-hetero) is 1. The van der Waals surface area contributed by atoms with Gasteiger partial charge in [-0.15, -0.1) is 0 Å². The second-order valence-corrected chi connectivity index (χ2v) is 5.92. The first-order chi connectivity index (χ1) is 13.0. The van der Waals surface area contributed by atoms with E-state index in [1.165, 1.54) is 26.4 Å². The van der Waals surface area contributed by atoms with Crippen molar-refractivity contribution < 1.29 is 23.9 Å². The number of nitro benzene ring substituents is 1. The Labute approximate surface area is 153 Å². The average Bonchev–Trinajstić information content (AvgIpc) is 3.00. The Morgan fingerprint density at radius 2 is 1.81 bits per heavy atom. The minimum Gasteiger partial charge on any atom is -0.493 e. The Balaban J connectivity index is 1.63. The van der Waals surface area contributed by atoms with Gasteiger partial charge < -0.3 is 24.8 Å². The Kier molecular flexibility index (Phi) is 3.84. The highest BCUT2D eigenvalue weighted by molar-refractivity contribution is 6.06. The van der Waals surface area contributed by atoms with Crippen molar-refractivity contribution in [3.8, 4) is 11.5 Å². The molecule has 0 saturated carbocycles. The summed E-state index contributed by atoms with van der Waals surface area (Å²) >= 11 is 0. The fourth-order valence-electron chi connectivity index (χ4n) is 3.03. The van der Waals surface area contributed by atoms with Gasteiger partial charge in [-0.05, 0) is 18.2 Å². The van der Waals surface area contributed by atoms with E-state index in [0.29, 0.717) is 28.4 Å². The van der Waals surface area contributed by atoms with Gasteiger partial charge in [0.15, 0.2) is 17.6 Å². The normalized spacial score (nSPS) is 17.3. The lowest BCUT2D eigenvalue weighted by Crippen LogP contribution is -2.18. The lowest BCUT2D eigenvalue weighted by Gasteiger charge is -2.19. The lowest BCUT2D eigenvalue weighted by molar-refractivity contribution is -0.384. The zero-order chi connectivity index (χ0) is 19.1. The van der Waals surface area contributed by atoms with Crippen LogP contribution in [0.3, 0.4) is 0 Å². The Hall–Kier alpha value is -3.75. The van der Waals surface area contributed by atoms with Crippen molar-refractivity contribution in [2.75, 3.05) is 24.9 Å². The standard InChI is InChI=1S/C18H15N3O6/c1-25-13-6-3-9(7-14(13)26-2)17-16(22)15-18(27-17)20-12-8-10(21(23)24)4-5-11(12)19-15/h3-8,17,19-20H,1-2H3. The molecule has 0 spiro atoms. The molecule has 4 rings (SSSR count). The number of nitrogens with one attached hydrogen (secondary N) is 2. The number of hydrogen-bond acceptors (Lipinski definition) is 8. The molecule has 2 N–H and O–H groups in total. The molecule has 2 aliphatic rings. The zero-order valence-corrected chi connectivity index (χ0v) is 14.4. The van der Waals surface area contributed by atoms with Crippen molar-refractivity contribution in [2.24, 2.45) is 0 Å². The molecule has 2 aromatic rings. The molecule has 138 valence electrons. The highest BCUT2D eigenvalue weighted by Gasteiger charge is 2.39. The van der Waals surface area contributed by atoms with Gasteiger partial charge in [-0.1, -0.05) is 6.07 Å². The molecule has 0 aromatic heterocycles. The summed E-state index contributed by atoms with van der Waals surface area (Å²) in [5.41, 5.74) is 1.84. The smallest absolute Gasteiger partial charge is 0.271 e. The first-order valence-corrected chi connectivity index (χ1v) is 8.01. The number of benzene rings is 2. The van der Waals surface area contributed by atoms with Crippen molar-refractivity contribution in [3.05, 3.63) is 63.7 Å². The van der Waals surface area contributed by atoms with Gasteiger partial charge in [-0.3, -0.25) is 14.9 Å². The van der Waals surface area contributed by atoms with E-state index in [1.807, 2.05) is 0 Å². The molecule has 9 nitrogen and oxygen atoms in total. The molecular weight excluding hydrogens is 354 g/mol. The largest absolute Gasteiger partial charge is 0.493 e. The summed E-state index contributed by atoms with van der Waals surface area (Å²) in [6.07, 6.45) is -0.862. The van der Waals surface area contributed by atoms with Gasteiger partial charge in [0.2, 0.25) is 11.7 Å². The number of ketones is 1. The maximum atomic E-state index is 12.8. The Bertz CT molecular complexity index is 1000. The van der Waals surface area contributed by atoms with Crippen LogP contribution < -0.4 is 20.1 Å². The van der Waals surface area contributed by atoms with Crippen molar-refractivity contribution in [2.45, 2.75) is 6.10 Å². The molecule has 27 heavy (non-hydrogen) atoms. The molecule has 0 fully saturated rings. The number of hydrogen-bond donors (Lipinski definition) is 2. The third-order valence-corrected chi connectivity index (χ3v) is 4.38. The zero-order valence-electron chi connectivity index (χ0n) is 14.4. The summed E-state index contributed by atoms with van der Waals surface area (Å²) in [7, 11) is 3.04. The van der Waals surface area contributed by atoms with E-state index in [2.05, 4.69) is 10.6 Å². The summed E-state index contributed by atoms with van der Waals surface area (Å²) < 4.78 is 16.3. The van der Waals surface area contributed by atoms with Crippen LogP contribution in [-0.4, -0.2) is 24.9 Å². The first kappa shape index (κ1) is 16.7. The number of nitro groups is 1. The molecular formula is C18H15N3O6. The predicted molar refractivity (Wildman–Crippen MR) is 95.7 cm³/mol. The van der Waals surface area contributed by atoms with Crippen LogP contribution >= 0.6 is 0 Å². The van der Waals surface area contributed by atoms with Crippen molar-refractivity contribution in [1.82, 2.24) is 0 Å². The molecule has 2 aromatic carbocycles. The van der Waals surface area contributed by atoms with E-state index >= 15 is 0 Å². The van der Waals surface area contributed by atoms with Crippen LogP contribution in [0.25, 0.3) is 0 Å². The highest BCUT2D eigenvalue weighted by Crippen LogP contribution is 2.42. The summed E-state index contributed by atoms with van der Waals surface area (Å²) in [6, 6.07) is 9.38.